The van der Waals surface area contributed by atoms with Gasteiger partial charge in [0.15, 0.2) is 5.16 Å². The van der Waals surface area contributed by atoms with Gasteiger partial charge in [-0.15, -0.1) is 0 Å². The van der Waals surface area contributed by atoms with Crippen molar-refractivity contribution in [2.24, 2.45) is 0 Å². The van der Waals surface area contributed by atoms with E-state index >= 15 is 0 Å². The molecule has 0 radical (unpaired) electrons. The van der Waals surface area contributed by atoms with Gasteiger partial charge in [0.2, 0.25) is 5.75 Å². The molecule has 0 atom stereocenters. The van der Waals surface area contributed by atoms with Crippen molar-refractivity contribution in [2.45, 2.75) is 11.7 Å². The zero-order valence-corrected chi connectivity index (χ0v) is 9.91. The van der Waals surface area contributed by atoms with Gasteiger partial charge in [0.1, 0.15) is 12.3 Å². The fourth-order valence-electron chi connectivity index (χ4n) is 1.52. The molecule has 0 unspecified atom stereocenters. The summed E-state index contributed by atoms with van der Waals surface area (Å²) in [5.74, 6) is 0.117. The van der Waals surface area contributed by atoms with E-state index in [0.29, 0.717) is 10.9 Å². The quantitative estimate of drug-likeness (QED) is 0.557. The molecule has 2 heterocycles. The molecule has 0 aliphatic carbocycles. The number of nitrogens with one attached hydrogen (secondary N) is 1. The standard InChI is InChI=1S/C9H11N3O4S/c1-17-8-10-5-4-12(9(14)15)2-3-16-6(5)7(13)11-8/h2-4H2,1H3,(H,14,15)(H,10,11,13). The predicted molar refractivity (Wildman–Crippen MR) is 60.6 cm³/mol. The predicted octanol–water partition coefficient (Wildman–Crippen LogP) is 0.364. The Hall–Kier alpha value is -1.70. The number of aromatic nitrogens is 2. The Balaban J connectivity index is 2.43. The van der Waals surface area contributed by atoms with E-state index < -0.39 is 6.09 Å². The number of amides is 1. The number of rotatable bonds is 1. The maximum atomic E-state index is 11.7. The van der Waals surface area contributed by atoms with E-state index in [0.717, 1.165) is 0 Å². The molecule has 2 rings (SSSR count). The van der Waals surface area contributed by atoms with Crippen molar-refractivity contribution < 1.29 is 14.6 Å². The second-order valence-corrected chi connectivity index (χ2v) is 4.20. The molecule has 8 heteroatoms. The Labute approximate surface area is 101 Å². The normalized spacial score (nSPS) is 14.8. The lowest BCUT2D eigenvalue weighted by molar-refractivity contribution is 0.137. The Bertz CT molecular complexity index is 502. The molecule has 0 fully saturated rings. The van der Waals surface area contributed by atoms with Crippen LogP contribution in [0.15, 0.2) is 9.95 Å². The van der Waals surface area contributed by atoms with E-state index in [9.17, 15) is 9.59 Å². The Morgan fingerprint density at radius 2 is 2.41 bits per heavy atom. The van der Waals surface area contributed by atoms with Crippen molar-refractivity contribution in [3.05, 3.63) is 16.0 Å². The third-order valence-electron chi connectivity index (χ3n) is 2.34. The van der Waals surface area contributed by atoms with Crippen LogP contribution in [0.3, 0.4) is 0 Å². The van der Waals surface area contributed by atoms with Crippen molar-refractivity contribution in [3.63, 3.8) is 0 Å². The van der Waals surface area contributed by atoms with Gasteiger partial charge >= 0.3 is 6.09 Å². The molecule has 1 amide bonds. The average Bonchev–Trinajstić information content (AvgIpc) is 2.51. The van der Waals surface area contributed by atoms with Crippen molar-refractivity contribution in [1.82, 2.24) is 14.9 Å². The van der Waals surface area contributed by atoms with Gasteiger partial charge in [-0.25, -0.2) is 9.78 Å². The Morgan fingerprint density at radius 1 is 1.65 bits per heavy atom. The summed E-state index contributed by atoms with van der Waals surface area (Å²) in [6, 6.07) is 0. The fraction of sp³-hybridized carbons (Fsp3) is 0.444. The highest BCUT2D eigenvalue weighted by atomic mass is 32.2. The molecule has 17 heavy (non-hydrogen) atoms. The first-order chi connectivity index (χ1) is 8.11. The first kappa shape index (κ1) is 11.8. The third-order valence-corrected chi connectivity index (χ3v) is 2.92. The lowest BCUT2D eigenvalue weighted by Gasteiger charge is -2.14. The minimum Gasteiger partial charge on any atom is -0.485 e. The molecular formula is C9H11N3O4S. The van der Waals surface area contributed by atoms with E-state index in [4.69, 9.17) is 9.84 Å². The minimum absolute atomic E-state index is 0.0716. The maximum absolute atomic E-state index is 11.7. The highest BCUT2D eigenvalue weighted by Gasteiger charge is 2.22. The summed E-state index contributed by atoms with van der Waals surface area (Å²) in [6.07, 6.45) is 0.728. The number of fused-ring (bicyclic) bond motifs is 1. The largest absolute Gasteiger partial charge is 0.485 e. The first-order valence-electron chi connectivity index (χ1n) is 4.89. The van der Waals surface area contributed by atoms with E-state index in [1.165, 1.54) is 16.7 Å². The number of hydrogen-bond acceptors (Lipinski definition) is 5. The number of aromatic amines is 1. The first-order valence-corrected chi connectivity index (χ1v) is 6.12. The molecule has 92 valence electrons. The van der Waals surface area contributed by atoms with Crippen LogP contribution in [0.1, 0.15) is 5.69 Å². The zero-order valence-electron chi connectivity index (χ0n) is 9.10. The molecule has 2 N–H and O–H groups in total. The van der Waals surface area contributed by atoms with Gasteiger partial charge in [-0.1, -0.05) is 11.8 Å². The maximum Gasteiger partial charge on any atom is 0.407 e. The SMILES string of the molecule is CSc1nc2c(c(=O)[nH]1)OCCN(C(=O)O)C2. The monoisotopic (exact) mass is 257 g/mol. The van der Waals surface area contributed by atoms with Gasteiger partial charge in [-0.3, -0.25) is 14.7 Å². The molecule has 0 saturated carbocycles. The van der Waals surface area contributed by atoms with Crippen molar-refractivity contribution in [3.8, 4) is 5.75 Å². The van der Waals surface area contributed by atoms with Gasteiger partial charge in [-0.2, -0.15) is 0 Å². The van der Waals surface area contributed by atoms with Crippen molar-refractivity contribution in [2.75, 3.05) is 19.4 Å². The smallest absolute Gasteiger partial charge is 0.407 e. The van der Waals surface area contributed by atoms with Crippen LogP contribution in [0.5, 0.6) is 5.75 Å². The highest BCUT2D eigenvalue weighted by Crippen LogP contribution is 2.18. The summed E-state index contributed by atoms with van der Waals surface area (Å²) in [5, 5.41) is 9.38. The lowest BCUT2D eigenvalue weighted by Crippen LogP contribution is -2.31. The molecular weight excluding hydrogens is 246 g/mol. The van der Waals surface area contributed by atoms with E-state index in [1.54, 1.807) is 6.26 Å². The number of nitrogens with zero attached hydrogens (tertiary/aromatic N) is 2. The third kappa shape index (κ3) is 2.36. The van der Waals surface area contributed by atoms with Crippen LogP contribution in [0.25, 0.3) is 0 Å². The zero-order chi connectivity index (χ0) is 12.4. The second kappa shape index (κ2) is 4.66. The van der Waals surface area contributed by atoms with Gasteiger partial charge in [-0.05, 0) is 6.26 Å². The number of thioether (sulfide) groups is 1. The number of ether oxygens (including phenoxy) is 1. The van der Waals surface area contributed by atoms with Crippen LogP contribution in [-0.4, -0.2) is 45.5 Å². The molecule has 0 bridgehead atoms. The molecule has 0 spiro atoms. The van der Waals surface area contributed by atoms with Gasteiger partial charge < -0.3 is 9.84 Å². The molecule has 1 aliphatic rings. The van der Waals surface area contributed by atoms with Crippen LogP contribution in [0, 0.1) is 0 Å². The van der Waals surface area contributed by atoms with E-state index in [1.807, 2.05) is 0 Å². The summed E-state index contributed by atoms with van der Waals surface area (Å²) < 4.78 is 5.24. The van der Waals surface area contributed by atoms with Crippen molar-refractivity contribution >= 4 is 17.9 Å². The fourth-order valence-corrected chi connectivity index (χ4v) is 1.92. The summed E-state index contributed by atoms with van der Waals surface area (Å²) in [5.41, 5.74) is -0.00964. The molecule has 7 nitrogen and oxygen atoms in total. The Morgan fingerprint density at radius 3 is 3.06 bits per heavy atom. The molecule has 0 saturated heterocycles. The van der Waals surface area contributed by atoms with Gasteiger partial charge in [0.05, 0.1) is 13.1 Å². The Kier molecular flexibility index (Phi) is 3.23. The molecule has 1 aromatic heterocycles. The molecule has 0 aromatic carbocycles. The number of carbonyl (C=O) groups is 1. The highest BCUT2D eigenvalue weighted by molar-refractivity contribution is 7.98. The number of hydrogen-bond donors (Lipinski definition) is 2. The summed E-state index contributed by atoms with van der Waals surface area (Å²) in [7, 11) is 0. The van der Waals surface area contributed by atoms with Gasteiger partial charge in [0.25, 0.3) is 5.56 Å². The topological polar surface area (TPSA) is 95.5 Å². The second-order valence-electron chi connectivity index (χ2n) is 3.40. The molecule has 1 aliphatic heterocycles. The lowest BCUT2D eigenvalue weighted by atomic mass is 10.3. The van der Waals surface area contributed by atoms with Crippen LogP contribution in [-0.2, 0) is 6.54 Å². The van der Waals surface area contributed by atoms with Crippen molar-refractivity contribution in [1.29, 1.82) is 0 Å². The van der Waals surface area contributed by atoms with Crippen LogP contribution in [0.2, 0.25) is 0 Å². The minimum atomic E-state index is -1.05. The number of carboxylic acid groups (broad SMARTS) is 1. The number of H-pyrrole nitrogens is 1. The summed E-state index contributed by atoms with van der Waals surface area (Å²) in [6.45, 7) is 0.449. The summed E-state index contributed by atoms with van der Waals surface area (Å²) in [4.78, 5) is 30.5. The average molecular weight is 257 g/mol. The van der Waals surface area contributed by atoms with Gasteiger partial charge in [0, 0.05) is 0 Å². The van der Waals surface area contributed by atoms with Crippen LogP contribution in [0.4, 0.5) is 4.79 Å². The van der Waals surface area contributed by atoms with Crippen LogP contribution >= 0.6 is 11.8 Å². The van der Waals surface area contributed by atoms with E-state index in [-0.39, 0.29) is 31.0 Å². The van der Waals surface area contributed by atoms with Crippen LogP contribution < -0.4 is 10.3 Å². The van der Waals surface area contributed by atoms with E-state index in [2.05, 4.69) is 9.97 Å². The summed E-state index contributed by atoms with van der Waals surface area (Å²) >= 11 is 1.28. The molecule has 1 aromatic rings.